The van der Waals surface area contributed by atoms with Gasteiger partial charge in [-0.2, -0.15) is 0 Å². The topological polar surface area (TPSA) is 44.4 Å². The van der Waals surface area contributed by atoms with Gasteiger partial charge < -0.3 is 0 Å². The Morgan fingerprint density at radius 3 is 2.41 bits per heavy atom. The number of hydrogen-bond acceptors (Lipinski definition) is 3. The van der Waals surface area contributed by atoms with E-state index in [2.05, 4.69) is 64.3 Å². The lowest BCUT2D eigenvalue weighted by atomic mass is 9.70. The molecule has 0 radical (unpaired) electrons. The number of carbonyl (C=O) groups excluding carboxylic acids is 1. The van der Waals surface area contributed by atoms with Crippen LogP contribution in [-0.2, 0) is 17.6 Å². The fourth-order valence-electron chi connectivity index (χ4n) is 5.37. The maximum atomic E-state index is 12.8. The minimum atomic E-state index is -0.315. The quantitative estimate of drug-likeness (QED) is 0.864. The number of likely N-dealkylation sites (tertiary alicyclic amines) is 1. The smallest absolute Gasteiger partial charge is 0.242 e. The van der Waals surface area contributed by atoms with Gasteiger partial charge in [-0.25, -0.2) is 5.43 Å². The van der Waals surface area contributed by atoms with E-state index in [9.17, 15) is 4.79 Å². The summed E-state index contributed by atoms with van der Waals surface area (Å²) in [7, 11) is 0. The lowest BCUT2D eigenvalue weighted by Gasteiger charge is -2.44. The van der Waals surface area contributed by atoms with Gasteiger partial charge in [0, 0.05) is 6.04 Å². The van der Waals surface area contributed by atoms with Crippen molar-refractivity contribution in [1.29, 1.82) is 0 Å². The normalized spacial score (nSPS) is 27.3. The highest BCUT2D eigenvalue weighted by Crippen LogP contribution is 2.46. The Morgan fingerprint density at radius 2 is 1.63 bits per heavy atom. The molecule has 2 saturated heterocycles. The van der Waals surface area contributed by atoms with E-state index in [1.807, 2.05) is 6.07 Å². The van der Waals surface area contributed by atoms with Crippen LogP contribution in [0.15, 0.2) is 54.6 Å². The predicted octanol–water partition coefficient (Wildman–Crippen LogP) is 3.00. The molecule has 2 unspecified atom stereocenters. The molecule has 140 valence electrons. The van der Waals surface area contributed by atoms with Gasteiger partial charge in [-0.15, -0.1) is 0 Å². The van der Waals surface area contributed by atoms with Gasteiger partial charge in [-0.3, -0.25) is 15.1 Å². The third kappa shape index (κ3) is 2.88. The Balaban J connectivity index is 1.31. The molecule has 0 aromatic heterocycles. The summed E-state index contributed by atoms with van der Waals surface area (Å²) in [4.78, 5) is 15.4. The first-order valence-electron chi connectivity index (χ1n) is 10.2. The monoisotopic (exact) mass is 361 g/mol. The Kier molecular flexibility index (Phi) is 4.25. The third-order valence-corrected chi connectivity index (χ3v) is 7.00. The number of piperidine rings is 1. The predicted molar refractivity (Wildman–Crippen MR) is 106 cm³/mol. The van der Waals surface area contributed by atoms with Crippen molar-refractivity contribution in [1.82, 2.24) is 15.8 Å². The second-order valence-corrected chi connectivity index (χ2v) is 8.30. The summed E-state index contributed by atoms with van der Waals surface area (Å²) in [5.41, 5.74) is 10.1. The van der Waals surface area contributed by atoms with Crippen molar-refractivity contribution in [2.24, 2.45) is 5.41 Å². The number of nitrogens with one attached hydrogen (secondary N) is 2. The van der Waals surface area contributed by atoms with E-state index in [-0.39, 0.29) is 17.4 Å². The highest BCUT2D eigenvalue weighted by atomic mass is 16.2. The van der Waals surface area contributed by atoms with Crippen molar-refractivity contribution in [3.05, 3.63) is 71.3 Å². The fourth-order valence-corrected chi connectivity index (χ4v) is 5.37. The molecule has 4 heteroatoms. The lowest BCUT2D eigenvalue weighted by molar-refractivity contribution is -0.131. The third-order valence-electron chi connectivity index (χ3n) is 7.00. The molecule has 3 aliphatic rings. The van der Waals surface area contributed by atoms with Crippen LogP contribution in [0, 0.1) is 5.41 Å². The molecule has 27 heavy (non-hydrogen) atoms. The molecule has 2 aliphatic heterocycles. The molecular formula is C23H27N3O. The first-order chi connectivity index (χ1) is 13.3. The number of rotatable bonds is 2. The van der Waals surface area contributed by atoms with E-state index in [4.69, 9.17) is 0 Å². The van der Waals surface area contributed by atoms with Crippen molar-refractivity contribution in [2.45, 2.75) is 44.2 Å². The van der Waals surface area contributed by atoms with Crippen LogP contribution in [0.1, 0.15) is 42.0 Å². The number of hydrazine groups is 1. The molecule has 4 nitrogen and oxygen atoms in total. The van der Waals surface area contributed by atoms with E-state index in [1.165, 1.54) is 29.5 Å². The lowest BCUT2D eigenvalue weighted by Crippen LogP contribution is -2.50. The van der Waals surface area contributed by atoms with Crippen molar-refractivity contribution in [2.75, 3.05) is 13.1 Å². The molecule has 2 N–H and O–H groups in total. The van der Waals surface area contributed by atoms with E-state index in [0.29, 0.717) is 6.04 Å². The Hall–Kier alpha value is -2.17. The number of hydrogen-bond donors (Lipinski definition) is 2. The van der Waals surface area contributed by atoms with E-state index < -0.39 is 0 Å². The summed E-state index contributed by atoms with van der Waals surface area (Å²) in [5.74, 6) is 0.171. The van der Waals surface area contributed by atoms with Crippen LogP contribution in [-0.4, -0.2) is 29.9 Å². The van der Waals surface area contributed by atoms with Crippen LogP contribution in [0.5, 0.6) is 0 Å². The van der Waals surface area contributed by atoms with E-state index >= 15 is 0 Å². The molecule has 2 atom stereocenters. The van der Waals surface area contributed by atoms with Crippen LogP contribution in [0.2, 0.25) is 0 Å². The highest BCUT2D eigenvalue weighted by Gasteiger charge is 2.52. The van der Waals surface area contributed by atoms with Gasteiger partial charge in [0.05, 0.1) is 11.5 Å². The number of fused-ring (bicyclic) bond motifs is 1. The highest BCUT2D eigenvalue weighted by molar-refractivity contribution is 5.85. The minimum absolute atomic E-state index is 0.0698. The van der Waals surface area contributed by atoms with Gasteiger partial charge in [-0.1, -0.05) is 54.6 Å². The molecule has 1 amide bonds. The Morgan fingerprint density at radius 1 is 0.926 bits per heavy atom. The van der Waals surface area contributed by atoms with Gasteiger partial charge in [0.2, 0.25) is 5.91 Å². The van der Waals surface area contributed by atoms with Crippen molar-refractivity contribution in [3.63, 3.8) is 0 Å². The van der Waals surface area contributed by atoms with Gasteiger partial charge in [0.15, 0.2) is 0 Å². The van der Waals surface area contributed by atoms with Crippen molar-refractivity contribution < 1.29 is 4.79 Å². The number of amides is 1. The zero-order valence-electron chi connectivity index (χ0n) is 15.7. The molecule has 2 aromatic rings. The number of aryl methyl sites for hydroxylation is 1. The van der Waals surface area contributed by atoms with Crippen LogP contribution in [0.3, 0.4) is 0 Å². The van der Waals surface area contributed by atoms with Crippen LogP contribution in [0.4, 0.5) is 0 Å². The molecule has 2 fully saturated rings. The number of benzene rings is 2. The summed E-state index contributed by atoms with van der Waals surface area (Å²) in [6, 6.07) is 20.0. The average molecular weight is 361 g/mol. The standard InChI is InChI=1S/C23H27N3O/c27-22-23(21(24-25-22)18-7-2-1-3-8-18)12-14-26(15-13-23)20-11-10-17-6-4-5-9-19(17)16-20/h1-9,20-21,24H,10-16H2,(H,25,27). The van der Waals surface area contributed by atoms with Crippen molar-refractivity contribution >= 4 is 5.91 Å². The Labute approximate surface area is 160 Å². The molecule has 2 aromatic carbocycles. The summed E-state index contributed by atoms with van der Waals surface area (Å²) in [6.07, 6.45) is 5.40. The first kappa shape index (κ1) is 17.0. The minimum Gasteiger partial charge on any atom is -0.300 e. The maximum Gasteiger partial charge on any atom is 0.242 e. The molecule has 0 saturated carbocycles. The molecule has 1 aliphatic carbocycles. The summed E-state index contributed by atoms with van der Waals surface area (Å²) >= 11 is 0. The number of nitrogens with zero attached hydrogens (tertiary/aromatic N) is 1. The largest absolute Gasteiger partial charge is 0.300 e. The molecule has 1 spiro atoms. The fraction of sp³-hybridized carbons (Fsp3) is 0.435. The molecule has 5 rings (SSSR count). The van der Waals surface area contributed by atoms with Crippen LogP contribution >= 0.6 is 0 Å². The zero-order chi connectivity index (χ0) is 18.3. The summed E-state index contributed by atoms with van der Waals surface area (Å²) < 4.78 is 0. The van der Waals surface area contributed by atoms with Crippen LogP contribution in [0.25, 0.3) is 0 Å². The second kappa shape index (κ2) is 6.77. The van der Waals surface area contributed by atoms with E-state index in [1.54, 1.807) is 0 Å². The molecule has 2 heterocycles. The van der Waals surface area contributed by atoms with Crippen molar-refractivity contribution in [3.8, 4) is 0 Å². The molecular weight excluding hydrogens is 334 g/mol. The summed E-state index contributed by atoms with van der Waals surface area (Å²) in [5, 5.41) is 0. The van der Waals surface area contributed by atoms with Gasteiger partial charge in [0.1, 0.15) is 0 Å². The van der Waals surface area contributed by atoms with Gasteiger partial charge >= 0.3 is 0 Å². The second-order valence-electron chi connectivity index (χ2n) is 8.30. The first-order valence-corrected chi connectivity index (χ1v) is 10.2. The zero-order valence-corrected chi connectivity index (χ0v) is 15.7. The van der Waals surface area contributed by atoms with Crippen LogP contribution < -0.4 is 10.9 Å². The van der Waals surface area contributed by atoms with Gasteiger partial charge in [-0.05, 0) is 61.9 Å². The Bertz CT molecular complexity index is 827. The number of carbonyl (C=O) groups is 1. The SMILES string of the molecule is O=C1NNC(c2ccccc2)C12CCN(C1CCc3ccccc3C1)CC2. The average Bonchev–Trinajstić information content (AvgIpc) is 3.04. The summed E-state index contributed by atoms with van der Waals surface area (Å²) in [6.45, 7) is 2.01. The maximum absolute atomic E-state index is 12.8. The van der Waals surface area contributed by atoms with Gasteiger partial charge in [0.25, 0.3) is 0 Å². The molecule has 0 bridgehead atoms. The van der Waals surface area contributed by atoms with E-state index in [0.717, 1.165) is 32.4 Å².